The van der Waals surface area contributed by atoms with Gasteiger partial charge in [0.25, 0.3) is 0 Å². The first-order valence-electron chi connectivity index (χ1n) is 25.8. The third-order valence-corrected chi connectivity index (χ3v) is 17.3. The predicted molar refractivity (Wildman–Crippen MR) is 304 cm³/mol. The van der Waals surface area contributed by atoms with Gasteiger partial charge >= 0.3 is 0 Å². The van der Waals surface area contributed by atoms with Crippen molar-refractivity contribution in [2.75, 3.05) is 4.90 Å². The average molecular weight is 938 g/mol. The van der Waals surface area contributed by atoms with E-state index >= 15 is 0 Å². The molecule has 74 heavy (non-hydrogen) atoms. The molecule has 0 bridgehead atoms. The van der Waals surface area contributed by atoms with Crippen LogP contribution >= 0.6 is 0 Å². The van der Waals surface area contributed by atoms with Crippen molar-refractivity contribution in [1.29, 1.82) is 0 Å². The van der Waals surface area contributed by atoms with Crippen molar-refractivity contribution < 1.29 is 4.42 Å². The van der Waals surface area contributed by atoms with Crippen molar-refractivity contribution in [3.63, 3.8) is 0 Å². The summed E-state index contributed by atoms with van der Waals surface area (Å²) in [6.07, 6.45) is 0. The van der Waals surface area contributed by atoms with Crippen LogP contribution in [0.15, 0.2) is 265 Å². The van der Waals surface area contributed by atoms with Gasteiger partial charge in [-0.3, -0.25) is 0 Å². The van der Waals surface area contributed by atoms with Crippen LogP contribution in [-0.4, -0.2) is 0 Å². The second-order valence-electron chi connectivity index (χ2n) is 20.6. The van der Waals surface area contributed by atoms with Crippen molar-refractivity contribution in [1.82, 2.24) is 0 Å². The molecule has 0 saturated heterocycles. The summed E-state index contributed by atoms with van der Waals surface area (Å²) in [4.78, 5) is 2.55. The summed E-state index contributed by atoms with van der Waals surface area (Å²) in [7, 11) is 0. The maximum Gasteiger partial charge on any atom is 0.136 e. The molecule has 0 saturated carbocycles. The van der Waals surface area contributed by atoms with E-state index in [2.05, 4.69) is 266 Å². The first-order valence-corrected chi connectivity index (χ1v) is 25.8. The summed E-state index contributed by atoms with van der Waals surface area (Å²) in [5.41, 5.74) is 27.3. The monoisotopic (exact) mass is 937 g/mol. The Bertz CT molecular complexity index is 4270. The van der Waals surface area contributed by atoms with Crippen LogP contribution in [0.3, 0.4) is 0 Å². The molecule has 1 aromatic heterocycles. The lowest BCUT2D eigenvalue weighted by Crippen LogP contribution is -2.26. The quantitative estimate of drug-likeness (QED) is 0.175. The van der Waals surface area contributed by atoms with E-state index in [9.17, 15) is 0 Å². The number of nitrogens with zero attached hydrogens (tertiary/aromatic N) is 1. The minimum absolute atomic E-state index is 0.501. The SMILES string of the molecule is c1ccc(N(c2ccc3c(c2)C2(c4ccccc4-c4ccccc42)c2ccccc2-3)c2ccc3c(c2)C2(c4ccccc4-c4ccccc42)c2ccccc2-3)c(-c2ccc3oc4cc5ccccc5cc4c3c2)c1. The molecule has 0 fully saturated rings. The second-order valence-corrected chi connectivity index (χ2v) is 20.6. The molecule has 2 heteroatoms. The van der Waals surface area contributed by atoms with E-state index in [1.807, 2.05) is 0 Å². The van der Waals surface area contributed by atoms with E-state index in [0.717, 1.165) is 50.1 Å². The molecule has 342 valence electrons. The lowest BCUT2D eigenvalue weighted by molar-refractivity contribution is 0.669. The molecular weight excluding hydrogens is 895 g/mol. The van der Waals surface area contributed by atoms with Gasteiger partial charge in [0.2, 0.25) is 0 Å². The summed E-state index contributed by atoms with van der Waals surface area (Å²) in [6.45, 7) is 0. The topological polar surface area (TPSA) is 16.4 Å². The van der Waals surface area contributed by atoms with Gasteiger partial charge in [0, 0.05) is 27.7 Å². The molecule has 4 aliphatic carbocycles. The highest BCUT2D eigenvalue weighted by molar-refractivity contribution is 6.11. The van der Waals surface area contributed by atoms with Crippen LogP contribution < -0.4 is 4.90 Å². The summed E-state index contributed by atoms with van der Waals surface area (Å²) < 4.78 is 6.59. The molecule has 2 spiro atoms. The Morgan fingerprint density at radius 3 is 1.08 bits per heavy atom. The van der Waals surface area contributed by atoms with Gasteiger partial charge in [-0.15, -0.1) is 0 Å². The summed E-state index contributed by atoms with van der Waals surface area (Å²) >= 11 is 0. The van der Waals surface area contributed by atoms with Crippen LogP contribution in [0.5, 0.6) is 0 Å². The number of anilines is 3. The zero-order chi connectivity index (χ0) is 48.3. The van der Waals surface area contributed by atoms with Crippen molar-refractivity contribution >= 4 is 49.8 Å². The number of benzene rings is 12. The fourth-order valence-corrected chi connectivity index (χ4v) is 14.4. The van der Waals surface area contributed by atoms with Crippen molar-refractivity contribution in [3.05, 3.63) is 305 Å². The minimum Gasteiger partial charge on any atom is -0.456 e. The average Bonchev–Trinajstić information content (AvgIpc) is 4.24. The van der Waals surface area contributed by atoms with Crippen LogP contribution in [0.2, 0.25) is 0 Å². The minimum atomic E-state index is -0.501. The van der Waals surface area contributed by atoms with E-state index in [-0.39, 0.29) is 0 Å². The van der Waals surface area contributed by atoms with Crippen molar-refractivity contribution in [3.8, 4) is 55.6 Å². The summed E-state index contributed by atoms with van der Waals surface area (Å²) in [5, 5.41) is 4.60. The Hall–Kier alpha value is -9.50. The van der Waals surface area contributed by atoms with Crippen molar-refractivity contribution in [2.24, 2.45) is 0 Å². The zero-order valence-corrected chi connectivity index (χ0v) is 40.2. The number of furan rings is 1. The normalized spacial score (nSPS) is 14.2. The Balaban J connectivity index is 0.945. The van der Waals surface area contributed by atoms with Gasteiger partial charge < -0.3 is 9.32 Å². The number of hydrogen-bond acceptors (Lipinski definition) is 2. The molecule has 0 atom stereocenters. The maximum absolute atomic E-state index is 6.59. The van der Waals surface area contributed by atoms with Crippen LogP contribution in [0, 0.1) is 0 Å². The fourth-order valence-electron chi connectivity index (χ4n) is 14.4. The highest BCUT2D eigenvalue weighted by Gasteiger charge is 2.53. The molecule has 0 aliphatic heterocycles. The number of fused-ring (bicyclic) bond motifs is 24. The smallest absolute Gasteiger partial charge is 0.136 e. The van der Waals surface area contributed by atoms with Gasteiger partial charge in [-0.1, -0.05) is 206 Å². The molecule has 2 nitrogen and oxygen atoms in total. The Labute approximate surface area is 428 Å². The lowest BCUT2D eigenvalue weighted by Gasteiger charge is -2.34. The van der Waals surface area contributed by atoms with E-state index in [4.69, 9.17) is 4.42 Å². The first kappa shape index (κ1) is 40.1. The number of hydrogen-bond donors (Lipinski definition) is 0. The van der Waals surface area contributed by atoms with E-state index < -0.39 is 10.8 Å². The molecule has 4 aliphatic rings. The third-order valence-electron chi connectivity index (χ3n) is 17.3. The second kappa shape index (κ2) is 14.6. The number of rotatable bonds is 4. The van der Waals surface area contributed by atoms with Gasteiger partial charge in [0.1, 0.15) is 11.2 Å². The van der Waals surface area contributed by atoms with Gasteiger partial charge in [-0.25, -0.2) is 0 Å². The van der Waals surface area contributed by atoms with E-state index in [0.29, 0.717) is 0 Å². The fraction of sp³-hybridized carbons (Fsp3) is 0.0278. The van der Waals surface area contributed by atoms with Gasteiger partial charge in [-0.2, -0.15) is 0 Å². The summed E-state index contributed by atoms with van der Waals surface area (Å²) in [5.74, 6) is 0. The molecular formula is C72H43NO. The Morgan fingerprint density at radius 1 is 0.257 bits per heavy atom. The van der Waals surface area contributed by atoms with Crippen molar-refractivity contribution in [2.45, 2.75) is 10.8 Å². The number of para-hydroxylation sites is 1. The molecule has 1 heterocycles. The molecule has 0 unspecified atom stereocenters. The van der Waals surface area contributed by atoms with Crippen LogP contribution in [-0.2, 0) is 10.8 Å². The van der Waals surface area contributed by atoms with Gasteiger partial charge in [0.15, 0.2) is 0 Å². The Kier molecular flexibility index (Phi) is 7.90. The zero-order valence-electron chi connectivity index (χ0n) is 40.2. The molecule has 12 aromatic carbocycles. The van der Waals surface area contributed by atoms with Gasteiger partial charge in [-0.05, 0) is 160 Å². The van der Waals surface area contributed by atoms with Crippen LogP contribution in [0.25, 0.3) is 88.3 Å². The predicted octanol–water partition coefficient (Wildman–Crippen LogP) is 18.6. The molecule has 17 rings (SSSR count). The highest BCUT2D eigenvalue weighted by Crippen LogP contribution is 2.65. The van der Waals surface area contributed by atoms with Gasteiger partial charge in [0.05, 0.1) is 16.5 Å². The first-order chi connectivity index (χ1) is 36.7. The molecule has 0 N–H and O–H groups in total. The molecule has 0 radical (unpaired) electrons. The molecule has 0 amide bonds. The van der Waals surface area contributed by atoms with E-state index in [1.54, 1.807) is 0 Å². The lowest BCUT2D eigenvalue weighted by atomic mass is 9.70. The highest BCUT2D eigenvalue weighted by atomic mass is 16.3. The largest absolute Gasteiger partial charge is 0.456 e. The van der Waals surface area contributed by atoms with E-state index in [1.165, 1.54) is 99.8 Å². The summed E-state index contributed by atoms with van der Waals surface area (Å²) in [6, 6.07) is 98.0. The third kappa shape index (κ3) is 5.00. The standard InChI is InChI=1S/C72H43NO/c1-2-18-45-41-70-59(39-44(45)17-1)58-40-46(33-38-69(58)74-70)49-19-9-16-32-68(49)73(47-34-36-56-54-24-7-14-30-64(54)71(66(56)42-47)60-26-10-3-20-50(60)51-21-4-11-27-61(51)71)48-35-37-57-55-25-8-15-31-65(55)72(67(57)43-48)62-28-12-5-22-52(62)53-23-6-13-29-63(53)72/h1-43H. The van der Waals surface area contributed by atoms with Crippen LogP contribution in [0.4, 0.5) is 17.1 Å². The Morgan fingerprint density at radius 2 is 0.622 bits per heavy atom. The molecule has 13 aromatic rings. The maximum atomic E-state index is 6.59. The van der Waals surface area contributed by atoms with Crippen LogP contribution in [0.1, 0.15) is 44.5 Å².